The monoisotopic (exact) mass is 376 g/mol. The van der Waals surface area contributed by atoms with Crippen LogP contribution in [-0.2, 0) is 6.42 Å². The molecule has 0 saturated heterocycles. The average Bonchev–Trinajstić information content (AvgIpc) is 2.70. The zero-order valence-electron chi connectivity index (χ0n) is 15.5. The van der Waals surface area contributed by atoms with Crippen LogP contribution in [0.4, 0.5) is 0 Å². The van der Waals surface area contributed by atoms with Gasteiger partial charge in [-0.15, -0.1) is 0 Å². The van der Waals surface area contributed by atoms with Crippen molar-refractivity contribution in [2.45, 2.75) is 26.2 Å². The normalized spacial score (nSPS) is 14.8. The maximum absolute atomic E-state index is 13.0. The Balaban J connectivity index is 1.88. The summed E-state index contributed by atoms with van der Waals surface area (Å²) in [4.78, 5) is 24.2. The molecule has 28 heavy (non-hydrogen) atoms. The molecule has 1 heterocycles. The number of rotatable bonds is 4. The van der Waals surface area contributed by atoms with Gasteiger partial charge in [0, 0.05) is 11.1 Å². The molecule has 0 unspecified atom stereocenters. The molecule has 5 nitrogen and oxygen atoms in total. The molecule has 0 fully saturated rings. The molecule has 5 heteroatoms. The summed E-state index contributed by atoms with van der Waals surface area (Å²) in [5, 5.41) is 9.51. The van der Waals surface area contributed by atoms with Crippen LogP contribution in [0.1, 0.15) is 47.0 Å². The number of carbonyl (C=O) groups is 1. The molecular weight excluding hydrogens is 356 g/mol. The van der Waals surface area contributed by atoms with Crippen LogP contribution in [0.15, 0.2) is 51.7 Å². The Kier molecular flexibility index (Phi) is 4.74. The maximum atomic E-state index is 13.0. The topological polar surface area (TPSA) is 76.7 Å². The van der Waals surface area contributed by atoms with Crippen LogP contribution in [0.2, 0.25) is 0 Å². The predicted molar refractivity (Wildman–Crippen MR) is 108 cm³/mol. The number of carboxylic acids is 1. The first-order chi connectivity index (χ1) is 13.6. The molecule has 2 aromatic carbocycles. The molecule has 142 valence electrons. The Labute approximate surface area is 161 Å². The zero-order valence-corrected chi connectivity index (χ0v) is 15.5. The summed E-state index contributed by atoms with van der Waals surface area (Å²) in [6, 6.07) is 12.2. The van der Waals surface area contributed by atoms with Gasteiger partial charge >= 0.3 is 5.97 Å². The lowest BCUT2D eigenvalue weighted by molar-refractivity contribution is 0.0697. The Morgan fingerprint density at radius 1 is 1.21 bits per heavy atom. The fraction of sp³-hybridized carbons (Fsp3) is 0.217. The first-order valence-electron chi connectivity index (χ1n) is 9.34. The average molecular weight is 376 g/mol. The van der Waals surface area contributed by atoms with Crippen LogP contribution in [0.3, 0.4) is 0 Å². The number of benzene rings is 2. The summed E-state index contributed by atoms with van der Waals surface area (Å²) in [6.07, 6.45) is 4.28. The van der Waals surface area contributed by atoms with Crippen molar-refractivity contribution < 1.29 is 19.1 Å². The number of fused-ring (bicyclic) bond motifs is 2. The lowest BCUT2D eigenvalue weighted by Crippen LogP contribution is -2.16. The van der Waals surface area contributed by atoms with Crippen LogP contribution in [0, 0.1) is 0 Å². The van der Waals surface area contributed by atoms with Gasteiger partial charge in [0.1, 0.15) is 17.1 Å². The lowest BCUT2D eigenvalue weighted by atomic mass is 9.90. The summed E-state index contributed by atoms with van der Waals surface area (Å²) in [7, 11) is 0. The molecule has 0 spiro atoms. The van der Waals surface area contributed by atoms with Gasteiger partial charge in [-0.2, -0.15) is 0 Å². The maximum Gasteiger partial charge on any atom is 0.335 e. The number of ether oxygens (including phenoxy) is 1. The second kappa shape index (κ2) is 7.35. The van der Waals surface area contributed by atoms with Gasteiger partial charge in [-0.05, 0) is 62.1 Å². The highest BCUT2D eigenvalue weighted by molar-refractivity contribution is 5.93. The first kappa shape index (κ1) is 18.0. The summed E-state index contributed by atoms with van der Waals surface area (Å²) in [5.74, 6) is 0.323. The van der Waals surface area contributed by atoms with Crippen LogP contribution in [0.5, 0.6) is 5.75 Å². The number of carboxylic acid groups (broad SMARTS) is 1. The fourth-order valence-corrected chi connectivity index (χ4v) is 3.63. The standard InChI is InChI=1S/C23H20O5/c1-2-27-19-9-4-3-6-14(19)12-15-7-5-8-17-21(24)18-13-16(23(25)26)10-11-20(18)28-22(15)17/h3-4,6,9-13H,2,5,7-8H2,1H3,(H,25,26). The van der Waals surface area contributed by atoms with Gasteiger partial charge < -0.3 is 14.3 Å². The molecule has 0 atom stereocenters. The fourth-order valence-electron chi connectivity index (χ4n) is 3.63. The number of allylic oxidation sites excluding steroid dienone is 1. The smallest absolute Gasteiger partial charge is 0.335 e. The number of aromatic carboxylic acids is 1. The third-order valence-corrected chi connectivity index (χ3v) is 4.94. The summed E-state index contributed by atoms with van der Waals surface area (Å²) in [5.41, 5.74) is 2.84. The van der Waals surface area contributed by atoms with Crippen LogP contribution in [0.25, 0.3) is 22.6 Å². The first-order valence-corrected chi connectivity index (χ1v) is 9.34. The number of hydrogen-bond donors (Lipinski definition) is 1. The highest BCUT2D eigenvalue weighted by atomic mass is 16.5. The largest absolute Gasteiger partial charge is 0.493 e. The van der Waals surface area contributed by atoms with E-state index in [1.165, 1.54) is 12.1 Å². The van der Waals surface area contributed by atoms with Gasteiger partial charge in [0.05, 0.1) is 17.6 Å². The summed E-state index contributed by atoms with van der Waals surface area (Å²) < 4.78 is 11.8. The van der Waals surface area contributed by atoms with Gasteiger partial charge in [-0.3, -0.25) is 4.79 Å². The highest BCUT2D eigenvalue weighted by Crippen LogP contribution is 2.34. The molecule has 1 aromatic heterocycles. The SMILES string of the molecule is CCOc1ccccc1C=C1CCCc2c1oc1ccc(C(=O)O)cc1c2=O. The van der Waals surface area contributed by atoms with E-state index in [1.54, 1.807) is 6.07 Å². The van der Waals surface area contributed by atoms with Crippen molar-refractivity contribution in [3.63, 3.8) is 0 Å². The Morgan fingerprint density at radius 3 is 2.82 bits per heavy atom. The minimum Gasteiger partial charge on any atom is -0.493 e. The quantitative estimate of drug-likeness (QED) is 0.710. The Bertz CT molecular complexity index is 1150. The number of hydrogen-bond acceptors (Lipinski definition) is 4. The highest BCUT2D eigenvalue weighted by Gasteiger charge is 2.22. The molecule has 1 aliphatic rings. The molecule has 0 amide bonds. The minimum atomic E-state index is -1.06. The summed E-state index contributed by atoms with van der Waals surface area (Å²) in [6.45, 7) is 2.51. The van der Waals surface area contributed by atoms with Gasteiger partial charge in [0.2, 0.25) is 0 Å². The van der Waals surface area contributed by atoms with E-state index in [4.69, 9.17) is 9.15 Å². The van der Waals surface area contributed by atoms with E-state index >= 15 is 0 Å². The van der Waals surface area contributed by atoms with Crippen LogP contribution in [-0.4, -0.2) is 17.7 Å². The molecule has 1 N–H and O–H groups in total. The van der Waals surface area contributed by atoms with Crippen molar-refractivity contribution in [3.8, 4) is 5.75 Å². The van der Waals surface area contributed by atoms with Crippen LogP contribution >= 0.6 is 0 Å². The molecule has 0 aliphatic heterocycles. The van der Waals surface area contributed by atoms with Crippen molar-refractivity contribution in [1.29, 1.82) is 0 Å². The van der Waals surface area contributed by atoms with Gasteiger partial charge in [0.25, 0.3) is 0 Å². The third kappa shape index (κ3) is 3.20. The van der Waals surface area contributed by atoms with E-state index in [2.05, 4.69) is 0 Å². The predicted octanol–water partition coefficient (Wildman–Crippen LogP) is 4.77. The lowest BCUT2D eigenvalue weighted by Gasteiger charge is -2.18. The molecule has 4 rings (SSSR count). The minimum absolute atomic E-state index is 0.0805. The number of para-hydroxylation sites is 1. The zero-order chi connectivity index (χ0) is 19.7. The second-order valence-corrected chi connectivity index (χ2v) is 6.75. The van der Waals surface area contributed by atoms with E-state index in [1.807, 2.05) is 37.3 Å². The molecule has 1 aliphatic carbocycles. The van der Waals surface area contributed by atoms with Crippen molar-refractivity contribution in [3.05, 3.63) is 75.1 Å². The van der Waals surface area contributed by atoms with Gasteiger partial charge in [-0.1, -0.05) is 18.2 Å². The van der Waals surface area contributed by atoms with Crippen molar-refractivity contribution in [2.75, 3.05) is 6.61 Å². The van der Waals surface area contributed by atoms with E-state index in [-0.39, 0.29) is 11.0 Å². The molecule has 0 bridgehead atoms. The molecule has 0 saturated carbocycles. The van der Waals surface area contributed by atoms with Crippen molar-refractivity contribution in [2.24, 2.45) is 0 Å². The van der Waals surface area contributed by atoms with E-state index in [0.717, 1.165) is 29.7 Å². The molecule has 3 aromatic rings. The van der Waals surface area contributed by atoms with Gasteiger partial charge in [0.15, 0.2) is 5.43 Å². The summed E-state index contributed by atoms with van der Waals surface area (Å²) >= 11 is 0. The van der Waals surface area contributed by atoms with E-state index < -0.39 is 5.97 Å². The second-order valence-electron chi connectivity index (χ2n) is 6.75. The van der Waals surface area contributed by atoms with E-state index in [9.17, 15) is 14.7 Å². The molecular formula is C23H20O5. The van der Waals surface area contributed by atoms with Crippen molar-refractivity contribution in [1.82, 2.24) is 0 Å². The Hall–Kier alpha value is -3.34. The Morgan fingerprint density at radius 2 is 2.04 bits per heavy atom. The third-order valence-electron chi connectivity index (χ3n) is 4.94. The molecule has 0 radical (unpaired) electrons. The van der Waals surface area contributed by atoms with E-state index in [0.29, 0.717) is 35.3 Å². The van der Waals surface area contributed by atoms with Gasteiger partial charge in [-0.25, -0.2) is 4.79 Å². The van der Waals surface area contributed by atoms with Crippen LogP contribution < -0.4 is 10.2 Å². The van der Waals surface area contributed by atoms with Crippen molar-refractivity contribution >= 4 is 28.6 Å².